The Morgan fingerprint density at radius 2 is 1.48 bits per heavy atom. The first kappa shape index (κ1) is 22.4. The second kappa shape index (κ2) is 10.3. The maximum Gasteiger partial charge on any atom is 0.348 e. The summed E-state index contributed by atoms with van der Waals surface area (Å²) < 4.78 is 22.4. The van der Waals surface area contributed by atoms with Gasteiger partial charge in [-0.25, -0.2) is 9.13 Å². The zero-order chi connectivity index (χ0) is 18.1. The highest BCUT2D eigenvalue weighted by Crippen LogP contribution is 2.41. The number of aliphatic hydroxyl groups excluding tert-OH is 2. The van der Waals surface area contributed by atoms with E-state index < -0.39 is 37.1 Å². The first-order chi connectivity index (χ1) is 10.7. The second-order valence-electron chi connectivity index (χ2n) is 5.94. The number of Topliss-reactive ketones (excluding diaryl/α,β-unsaturated/α-hetero) is 1. The molecule has 0 aliphatic rings. The molecule has 0 radical (unpaired) electrons. The molecule has 7 nitrogen and oxygen atoms in total. The molecular weight excluding hydrogens is 323 g/mol. The molecule has 0 aromatic rings. The van der Waals surface area contributed by atoms with Crippen LogP contribution in [0.4, 0.5) is 0 Å². The van der Waals surface area contributed by atoms with Crippen molar-refractivity contribution in [3.8, 4) is 0 Å². The monoisotopic (exact) mass is 352 g/mol. The zero-order valence-corrected chi connectivity index (χ0v) is 14.8. The molecular formula is C15H29O7P. The van der Waals surface area contributed by atoms with Crippen molar-refractivity contribution in [1.82, 2.24) is 0 Å². The lowest BCUT2D eigenvalue weighted by Gasteiger charge is -2.43. The van der Waals surface area contributed by atoms with Gasteiger partial charge in [0.05, 0.1) is 0 Å². The van der Waals surface area contributed by atoms with Gasteiger partial charge in [-0.3, -0.25) is 4.79 Å². The van der Waals surface area contributed by atoms with Crippen LogP contribution in [0.5, 0.6) is 0 Å². The molecule has 0 spiro atoms. The number of hydrogen-bond donors (Lipinski definition) is 4. The highest BCUT2D eigenvalue weighted by atomic mass is 31.1. The van der Waals surface area contributed by atoms with Crippen molar-refractivity contribution in [2.45, 2.75) is 82.3 Å². The summed E-state index contributed by atoms with van der Waals surface area (Å²) in [5.74, 6) is -3.36. The summed E-state index contributed by atoms with van der Waals surface area (Å²) in [5.41, 5.74) is -5.04. The van der Waals surface area contributed by atoms with E-state index in [-0.39, 0.29) is 12.8 Å². The Morgan fingerprint density at radius 1 is 1.00 bits per heavy atom. The zero-order valence-electron chi connectivity index (χ0n) is 13.9. The van der Waals surface area contributed by atoms with Gasteiger partial charge in [-0.2, -0.15) is 0 Å². The lowest BCUT2D eigenvalue weighted by atomic mass is 9.73. The number of ketones is 1. The number of carbonyl (C=O) groups is 1. The number of unbranched alkanes of at least 4 members (excludes halogenated alkanes) is 4. The van der Waals surface area contributed by atoms with E-state index in [0.717, 1.165) is 12.8 Å². The molecule has 4 N–H and O–H groups in total. The van der Waals surface area contributed by atoms with Gasteiger partial charge in [-0.05, 0) is 12.8 Å². The van der Waals surface area contributed by atoms with E-state index in [9.17, 15) is 29.2 Å². The van der Waals surface area contributed by atoms with Crippen LogP contribution in [0.3, 0.4) is 0 Å². The van der Waals surface area contributed by atoms with Gasteiger partial charge in [-0.15, -0.1) is 0 Å². The van der Waals surface area contributed by atoms with Gasteiger partial charge >= 0.3 is 7.68 Å². The van der Waals surface area contributed by atoms with E-state index in [4.69, 9.17) is 5.11 Å². The van der Waals surface area contributed by atoms with Crippen LogP contribution in [0.15, 0.2) is 0 Å². The molecule has 0 heterocycles. The molecule has 23 heavy (non-hydrogen) atoms. The molecule has 0 aliphatic carbocycles. The molecule has 0 aromatic carbocycles. The van der Waals surface area contributed by atoms with E-state index in [1.54, 1.807) is 0 Å². The quantitative estimate of drug-likeness (QED) is 0.293. The van der Waals surface area contributed by atoms with Crippen molar-refractivity contribution in [3.05, 3.63) is 0 Å². The molecule has 0 aromatic heterocycles. The third kappa shape index (κ3) is 5.47. The predicted octanol–water partition coefficient (Wildman–Crippen LogP) is 1.66. The van der Waals surface area contributed by atoms with Crippen molar-refractivity contribution in [2.24, 2.45) is 0 Å². The Balaban J connectivity index is 5.72. The normalized spacial score (nSPS) is 18.0. The van der Waals surface area contributed by atoms with E-state index >= 15 is 0 Å². The molecule has 136 valence electrons. The fourth-order valence-electron chi connectivity index (χ4n) is 2.73. The number of rotatable bonds is 13. The highest BCUT2D eigenvalue weighted by Gasteiger charge is 2.58. The molecule has 0 saturated carbocycles. The molecule has 0 bridgehead atoms. The fraction of sp³-hybridized carbons (Fsp3) is 0.933. The van der Waals surface area contributed by atoms with Gasteiger partial charge in [0, 0.05) is 0 Å². The van der Waals surface area contributed by atoms with Gasteiger partial charge in [0.15, 0.2) is 17.2 Å². The summed E-state index contributed by atoms with van der Waals surface area (Å²) in [4.78, 5) is 12.1. The minimum atomic E-state index is -3.47. The largest absolute Gasteiger partial charge is 0.388 e. The SMILES string of the molecule is CCCCCC(O)(C(=O)CO)C(O)(CCCCC)C(O)P(=O)=O. The van der Waals surface area contributed by atoms with E-state index in [1.165, 1.54) is 0 Å². The maximum atomic E-state index is 12.1. The van der Waals surface area contributed by atoms with E-state index in [0.29, 0.717) is 25.7 Å². The van der Waals surface area contributed by atoms with Crippen molar-refractivity contribution in [3.63, 3.8) is 0 Å². The Bertz CT molecular complexity index is 430. The summed E-state index contributed by atoms with van der Waals surface area (Å²) in [5, 5.41) is 40.6. The van der Waals surface area contributed by atoms with Crippen LogP contribution >= 0.6 is 7.68 Å². The highest BCUT2D eigenvalue weighted by molar-refractivity contribution is 7.31. The lowest BCUT2D eigenvalue weighted by molar-refractivity contribution is -0.198. The molecule has 0 fully saturated rings. The van der Waals surface area contributed by atoms with Gasteiger partial charge in [0.2, 0.25) is 0 Å². The Kier molecular flexibility index (Phi) is 10.0. The number of aliphatic hydroxyl groups is 4. The van der Waals surface area contributed by atoms with E-state index in [1.807, 2.05) is 13.8 Å². The van der Waals surface area contributed by atoms with Crippen LogP contribution in [0.1, 0.15) is 65.2 Å². The molecule has 0 aliphatic heterocycles. The molecule has 0 amide bonds. The van der Waals surface area contributed by atoms with Gasteiger partial charge < -0.3 is 20.4 Å². The molecule has 3 unspecified atom stereocenters. The average molecular weight is 352 g/mol. The Hall–Kier alpha value is -0.590. The van der Waals surface area contributed by atoms with Crippen molar-refractivity contribution in [1.29, 1.82) is 0 Å². The summed E-state index contributed by atoms with van der Waals surface area (Å²) in [6.07, 6.45) is 3.09. The predicted molar refractivity (Wildman–Crippen MR) is 84.6 cm³/mol. The molecule has 8 heteroatoms. The van der Waals surface area contributed by atoms with Crippen LogP contribution < -0.4 is 0 Å². The summed E-state index contributed by atoms with van der Waals surface area (Å²) in [6, 6.07) is 0. The van der Waals surface area contributed by atoms with Crippen LogP contribution in [0.2, 0.25) is 0 Å². The average Bonchev–Trinajstić information content (AvgIpc) is 2.52. The fourth-order valence-corrected chi connectivity index (χ4v) is 3.42. The van der Waals surface area contributed by atoms with Gasteiger partial charge in [-0.1, -0.05) is 52.4 Å². The number of hydrogen-bond acceptors (Lipinski definition) is 7. The third-order valence-corrected chi connectivity index (χ3v) is 5.08. The maximum absolute atomic E-state index is 12.1. The molecule has 0 saturated heterocycles. The van der Waals surface area contributed by atoms with Crippen LogP contribution in [0, 0.1) is 0 Å². The van der Waals surface area contributed by atoms with Gasteiger partial charge in [0.1, 0.15) is 12.2 Å². The molecule has 3 atom stereocenters. The minimum absolute atomic E-state index is 0.219. The van der Waals surface area contributed by atoms with E-state index in [2.05, 4.69) is 0 Å². The van der Waals surface area contributed by atoms with Crippen molar-refractivity contribution >= 4 is 13.5 Å². The first-order valence-electron chi connectivity index (χ1n) is 8.11. The summed E-state index contributed by atoms with van der Waals surface area (Å²) >= 11 is 0. The smallest absolute Gasteiger partial charge is 0.348 e. The lowest BCUT2D eigenvalue weighted by Crippen LogP contribution is -2.64. The Morgan fingerprint density at radius 3 is 1.87 bits per heavy atom. The second-order valence-corrected chi connectivity index (χ2v) is 7.00. The van der Waals surface area contributed by atoms with Crippen LogP contribution in [-0.4, -0.2) is 49.9 Å². The van der Waals surface area contributed by atoms with Crippen LogP contribution in [-0.2, 0) is 13.9 Å². The first-order valence-corrected chi connectivity index (χ1v) is 9.36. The molecule has 0 rings (SSSR count). The minimum Gasteiger partial charge on any atom is -0.388 e. The van der Waals surface area contributed by atoms with Crippen molar-refractivity contribution in [2.75, 3.05) is 6.61 Å². The van der Waals surface area contributed by atoms with Crippen molar-refractivity contribution < 1.29 is 34.4 Å². The standard InChI is InChI=1S/C15H29O7P/c1-3-5-7-9-14(19,12(17)11-16)15(20,10-8-6-4-2)13(18)23(21)22/h13,16,18-20H,3-11H2,1-2H3. The summed E-state index contributed by atoms with van der Waals surface area (Å²) in [6.45, 7) is 2.76. The van der Waals surface area contributed by atoms with Crippen LogP contribution in [0.25, 0.3) is 0 Å². The summed E-state index contributed by atoms with van der Waals surface area (Å²) in [7, 11) is -3.47. The van der Waals surface area contributed by atoms with Gasteiger partial charge in [0.25, 0.3) is 0 Å². The Labute approximate surface area is 137 Å². The topological polar surface area (TPSA) is 132 Å². The third-order valence-electron chi connectivity index (χ3n) is 4.25. The number of carbonyl (C=O) groups excluding carboxylic acids is 1.